The molecule has 0 bridgehead atoms. The Hall–Kier alpha value is -1.66. The molecule has 0 fully saturated rings. The summed E-state index contributed by atoms with van der Waals surface area (Å²) in [6.07, 6.45) is 35.6. The van der Waals surface area contributed by atoms with Gasteiger partial charge in [0.2, 0.25) is 0 Å². The van der Waals surface area contributed by atoms with E-state index in [1.165, 1.54) is 146 Å². The molecule has 0 rings (SSSR count). The maximum absolute atomic E-state index is 12.0. The lowest BCUT2D eigenvalue weighted by molar-refractivity contribution is -0.145. The Bertz CT molecular complexity index is 825. The van der Waals surface area contributed by atoms with E-state index in [1.807, 2.05) is 0 Å². The Morgan fingerprint density at radius 1 is 0.509 bits per heavy atom. The van der Waals surface area contributed by atoms with Crippen LogP contribution in [0.2, 0.25) is 0 Å². The summed E-state index contributed by atoms with van der Waals surface area (Å²) in [6.45, 7) is 18.7. The molecular formula is C47H90N2O4. The van der Waals surface area contributed by atoms with Crippen LogP contribution in [0.4, 0.5) is 0 Å². The Balaban J connectivity index is 3.62. The molecule has 0 heterocycles. The van der Waals surface area contributed by atoms with Crippen molar-refractivity contribution in [2.75, 3.05) is 46.4 Å². The summed E-state index contributed by atoms with van der Waals surface area (Å²) in [4.78, 5) is 26.8. The Morgan fingerprint density at radius 3 is 1.15 bits per heavy atom. The average Bonchev–Trinajstić information content (AvgIpc) is 3.10. The first-order chi connectivity index (χ1) is 25.6. The van der Waals surface area contributed by atoms with Crippen LogP contribution in [0.1, 0.15) is 208 Å². The number of unbranched alkanes of at least 4 members (excludes halogenated alkanes) is 18. The number of allylic oxidation sites excluding steroid dienone is 4. The predicted molar refractivity (Wildman–Crippen MR) is 230 cm³/mol. The molecule has 0 radical (unpaired) electrons. The van der Waals surface area contributed by atoms with Crippen molar-refractivity contribution in [1.82, 2.24) is 10.2 Å². The van der Waals surface area contributed by atoms with Crippen LogP contribution < -0.4 is 5.32 Å². The van der Waals surface area contributed by atoms with Gasteiger partial charge >= 0.3 is 11.9 Å². The van der Waals surface area contributed by atoms with Gasteiger partial charge in [-0.15, -0.1) is 0 Å². The fourth-order valence-corrected chi connectivity index (χ4v) is 6.88. The Kier molecular flexibility index (Phi) is 37.4. The van der Waals surface area contributed by atoms with Crippen LogP contribution >= 0.6 is 0 Å². The van der Waals surface area contributed by atoms with Crippen molar-refractivity contribution in [1.29, 1.82) is 0 Å². The smallest absolute Gasteiger partial charge is 0.306 e. The van der Waals surface area contributed by atoms with Crippen LogP contribution in [-0.4, -0.2) is 63.3 Å². The lowest BCUT2D eigenvalue weighted by Crippen LogP contribution is -2.32. The maximum Gasteiger partial charge on any atom is 0.306 e. The molecule has 0 aromatic rings. The molecule has 2 unspecified atom stereocenters. The molecule has 0 aromatic carbocycles. The van der Waals surface area contributed by atoms with E-state index < -0.39 is 0 Å². The average molecular weight is 747 g/mol. The Morgan fingerprint density at radius 2 is 0.830 bits per heavy atom. The number of rotatable bonds is 39. The highest BCUT2D eigenvalue weighted by Gasteiger charge is 2.11. The molecule has 0 saturated carbocycles. The molecule has 6 heteroatoms. The van der Waals surface area contributed by atoms with Gasteiger partial charge in [0.1, 0.15) is 0 Å². The van der Waals surface area contributed by atoms with Gasteiger partial charge in [-0.25, -0.2) is 0 Å². The number of nitrogens with zero attached hydrogens (tertiary/aromatic N) is 1. The molecule has 1 N–H and O–H groups in total. The highest BCUT2D eigenvalue weighted by atomic mass is 16.5. The molecule has 312 valence electrons. The van der Waals surface area contributed by atoms with E-state index in [1.54, 1.807) is 0 Å². The van der Waals surface area contributed by atoms with Crippen molar-refractivity contribution < 1.29 is 19.1 Å². The van der Waals surface area contributed by atoms with Crippen LogP contribution in [0, 0.1) is 11.8 Å². The summed E-state index contributed by atoms with van der Waals surface area (Å²) in [5.74, 6) is 0.748. The largest absolute Gasteiger partial charge is 0.466 e. The monoisotopic (exact) mass is 747 g/mol. The van der Waals surface area contributed by atoms with Gasteiger partial charge in [0, 0.05) is 25.9 Å². The second kappa shape index (κ2) is 38.6. The molecule has 0 aliphatic rings. The van der Waals surface area contributed by atoms with Crippen LogP contribution in [0.15, 0.2) is 23.3 Å². The highest BCUT2D eigenvalue weighted by molar-refractivity contribution is 5.69. The van der Waals surface area contributed by atoms with Crippen molar-refractivity contribution in [2.45, 2.75) is 208 Å². The predicted octanol–water partition coefficient (Wildman–Crippen LogP) is 12.9. The van der Waals surface area contributed by atoms with E-state index in [0.29, 0.717) is 37.9 Å². The summed E-state index contributed by atoms with van der Waals surface area (Å²) in [5, 5.41) is 3.34. The lowest BCUT2D eigenvalue weighted by Gasteiger charge is -2.22. The standard InChI is InChI=1S/C47H90N2O4/c1-42(2)30-28-32-44(5)40-46(50)52-38-26-22-18-14-10-8-12-16-20-24-35-49(37-34-48-7)36-25-21-17-13-9-11-15-19-23-27-39-53-47(51)41-45(6)33-29-31-43(3)4/h30-31,44-45,48H,8-29,32-41H2,1-7H3. The number of carbonyl (C=O) groups excluding carboxylic acids is 2. The minimum Gasteiger partial charge on any atom is -0.466 e. The summed E-state index contributed by atoms with van der Waals surface area (Å²) >= 11 is 0. The first kappa shape index (κ1) is 51.3. The first-order valence-corrected chi connectivity index (χ1v) is 22.6. The van der Waals surface area contributed by atoms with Crippen molar-refractivity contribution in [3.05, 3.63) is 23.3 Å². The topological polar surface area (TPSA) is 67.9 Å². The van der Waals surface area contributed by atoms with Crippen molar-refractivity contribution in [3.8, 4) is 0 Å². The zero-order valence-electron chi connectivity index (χ0n) is 36.5. The number of ether oxygens (including phenoxy) is 2. The second-order valence-electron chi connectivity index (χ2n) is 16.8. The van der Waals surface area contributed by atoms with E-state index >= 15 is 0 Å². The zero-order valence-corrected chi connectivity index (χ0v) is 36.5. The van der Waals surface area contributed by atoms with Crippen LogP contribution in [0.25, 0.3) is 0 Å². The third kappa shape index (κ3) is 39.8. The maximum atomic E-state index is 12.0. The van der Waals surface area contributed by atoms with E-state index in [2.05, 4.69) is 71.0 Å². The highest BCUT2D eigenvalue weighted by Crippen LogP contribution is 2.16. The third-order valence-electron chi connectivity index (χ3n) is 10.4. The molecule has 6 nitrogen and oxygen atoms in total. The first-order valence-electron chi connectivity index (χ1n) is 22.6. The van der Waals surface area contributed by atoms with Gasteiger partial charge in [0.15, 0.2) is 0 Å². The van der Waals surface area contributed by atoms with Crippen LogP contribution in [0.3, 0.4) is 0 Å². The molecule has 2 atom stereocenters. The minimum absolute atomic E-state index is 0.0230. The summed E-state index contributed by atoms with van der Waals surface area (Å²) < 4.78 is 10.9. The molecule has 0 spiro atoms. The number of esters is 2. The van der Waals surface area contributed by atoms with Gasteiger partial charge in [-0.05, 0) is 111 Å². The van der Waals surface area contributed by atoms with E-state index in [9.17, 15) is 9.59 Å². The molecule has 0 aromatic heterocycles. The normalized spacial score (nSPS) is 12.5. The molecular weight excluding hydrogens is 657 g/mol. The summed E-state index contributed by atoms with van der Waals surface area (Å²) in [5.41, 5.74) is 2.70. The quantitative estimate of drug-likeness (QED) is 0.0384. The van der Waals surface area contributed by atoms with E-state index in [-0.39, 0.29) is 11.9 Å². The van der Waals surface area contributed by atoms with Gasteiger partial charge in [-0.3, -0.25) is 9.59 Å². The van der Waals surface area contributed by atoms with Crippen molar-refractivity contribution in [2.24, 2.45) is 11.8 Å². The Labute approximate surface area is 330 Å². The molecule has 0 amide bonds. The van der Waals surface area contributed by atoms with Gasteiger partial charge < -0.3 is 19.7 Å². The third-order valence-corrected chi connectivity index (χ3v) is 10.4. The zero-order chi connectivity index (χ0) is 39.2. The number of hydrogen-bond acceptors (Lipinski definition) is 6. The number of carbonyl (C=O) groups is 2. The van der Waals surface area contributed by atoms with Gasteiger partial charge in [0.05, 0.1) is 13.2 Å². The molecule has 0 aliphatic carbocycles. The fraction of sp³-hybridized carbons (Fsp3) is 0.872. The minimum atomic E-state index is -0.0230. The fourth-order valence-electron chi connectivity index (χ4n) is 6.88. The summed E-state index contributed by atoms with van der Waals surface area (Å²) in [7, 11) is 2.06. The van der Waals surface area contributed by atoms with Crippen LogP contribution in [0.5, 0.6) is 0 Å². The molecule has 53 heavy (non-hydrogen) atoms. The SMILES string of the molecule is CNCCN(CCCCCCCCCCCCOC(=O)CC(C)CCC=C(C)C)CCCCCCCCCCCCOC(=O)CC(C)CCC=C(C)C. The number of likely N-dealkylation sites (N-methyl/N-ethyl adjacent to an activating group) is 1. The molecule has 0 aliphatic heterocycles. The van der Waals surface area contributed by atoms with Crippen molar-refractivity contribution in [3.63, 3.8) is 0 Å². The summed E-state index contributed by atoms with van der Waals surface area (Å²) in [6, 6.07) is 0. The van der Waals surface area contributed by atoms with E-state index in [0.717, 1.165) is 45.1 Å². The van der Waals surface area contributed by atoms with Crippen molar-refractivity contribution >= 4 is 11.9 Å². The van der Waals surface area contributed by atoms with Gasteiger partial charge in [-0.1, -0.05) is 140 Å². The number of hydrogen-bond donors (Lipinski definition) is 1. The lowest BCUT2D eigenvalue weighted by atomic mass is 10.0. The van der Waals surface area contributed by atoms with E-state index in [4.69, 9.17) is 9.47 Å². The van der Waals surface area contributed by atoms with Crippen LogP contribution in [-0.2, 0) is 19.1 Å². The van der Waals surface area contributed by atoms with Gasteiger partial charge in [-0.2, -0.15) is 0 Å². The molecule has 0 saturated heterocycles. The van der Waals surface area contributed by atoms with Gasteiger partial charge in [0.25, 0.3) is 0 Å². The second-order valence-corrected chi connectivity index (χ2v) is 16.8. The number of nitrogens with one attached hydrogen (secondary N) is 1.